The van der Waals surface area contributed by atoms with Crippen LogP contribution in [0.1, 0.15) is 66.7 Å². The van der Waals surface area contributed by atoms with Crippen LogP contribution >= 0.6 is 0 Å². The Labute approximate surface area is 177 Å². The predicted molar refractivity (Wildman–Crippen MR) is 117 cm³/mol. The molecule has 0 spiro atoms. The fraction of sp³-hybridized carbons (Fsp3) is 0.769. The Morgan fingerprint density at radius 1 is 1.31 bits per heavy atom. The zero-order valence-corrected chi connectivity index (χ0v) is 19.2. The molecule has 3 aliphatic carbocycles. The summed E-state index contributed by atoms with van der Waals surface area (Å²) in [6.07, 6.45) is 14.6. The summed E-state index contributed by atoms with van der Waals surface area (Å²) in [5.41, 5.74) is 2.25. The molecule has 162 valence electrons. The number of aliphatic hydroxyl groups is 1. The molecule has 29 heavy (non-hydrogen) atoms. The molecular formula is C26H40O3. The third-order valence-corrected chi connectivity index (χ3v) is 8.81. The summed E-state index contributed by atoms with van der Waals surface area (Å²) in [6.45, 7) is 11.8. The molecule has 3 heteroatoms. The maximum Gasteiger partial charge on any atom is 0.178 e. The Bertz CT molecular complexity index is 728. The van der Waals surface area contributed by atoms with Gasteiger partial charge in [0.1, 0.15) is 0 Å². The molecule has 8 atom stereocenters. The third-order valence-electron chi connectivity index (χ3n) is 8.81. The zero-order valence-electron chi connectivity index (χ0n) is 19.2. The highest BCUT2D eigenvalue weighted by Gasteiger charge is 2.66. The maximum absolute atomic E-state index is 11.4. The van der Waals surface area contributed by atoms with Crippen LogP contribution in [0.3, 0.4) is 0 Å². The Morgan fingerprint density at radius 2 is 2.07 bits per heavy atom. The first-order valence-corrected chi connectivity index (χ1v) is 11.5. The minimum atomic E-state index is -0.738. The van der Waals surface area contributed by atoms with Crippen molar-refractivity contribution in [3.8, 4) is 0 Å². The monoisotopic (exact) mass is 400 g/mol. The molecule has 1 heterocycles. The predicted octanol–water partition coefficient (Wildman–Crippen LogP) is 5.66. The lowest BCUT2D eigenvalue weighted by molar-refractivity contribution is -0.212. The first-order valence-electron chi connectivity index (χ1n) is 11.5. The van der Waals surface area contributed by atoms with Gasteiger partial charge in [-0.15, -0.1) is 0 Å². The summed E-state index contributed by atoms with van der Waals surface area (Å²) >= 11 is 0. The number of rotatable bonds is 4. The molecule has 3 nitrogen and oxygen atoms in total. The molecule has 1 saturated heterocycles. The summed E-state index contributed by atoms with van der Waals surface area (Å²) in [6, 6.07) is 0. The molecule has 2 saturated carbocycles. The fourth-order valence-corrected chi connectivity index (χ4v) is 7.25. The van der Waals surface area contributed by atoms with E-state index in [1.165, 1.54) is 24.0 Å². The zero-order chi connectivity index (χ0) is 21.0. The van der Waals surface area contributed by atoms with Crippen molar-refractivity contribution in [2.75, 3.05) is 13.7 Å². The van der Waals surface area contributed by atoms with E-state index in [4.69, 9.17) is 9.47 Å². The Balaban J connectivity index is 1.64. The first-order chi connectivity index (χ1) is 13.6. The summed E-state index contributed by atoms with van der Waals surface area (Å²) in [4.78, 5) is 0. The van der Waals surface area contributed by atoms with Gasteiger partial charge in [0, 0.05) is 19.4 Å². The highest BCUT2D eigenvalue weighted by molar-refractivity contribution is 5.27. The van der Waals surface area contributed by atoms with Crippen LogP contribution in [-0.4, -0.2) is 30.2 Å². The minimum Gasteiger partial charge on any atom is -0.390 e. The second-order valence-electron chi connectivity index (χ2n) is 11.1. The van der Waals surface area contributed by atoms with Crippen molar-refractivity contribution < 1.29 is 14.6 Å². The van der Waals surface area contributed by atoms with Crippen LogP contribution in [0, 0.1) is 35.0 Å². The van der Waals surface area contributed by atoms with Gasteiger partial charge in [-0.2, -0.15) is 0 Å². The van der Waals surface area contributed by atoms with Gasteiger partial charge in [0.25, 0.3) is 0 Å². The molecule has 0 aromatic heterocycles. The first kappa shape index (κ1) is 21.3. The van der Waals surface area contributed by atoms with Crippen LogP contribution in [0.4, 0.5) is 0 Å². The molecular weight excluding hydrogens is 360 g/mol. The van der Waals surface area contributed by atoms with E-state index in [2.05, 4.69) is 52.0 Å². The molecule has 3 fully saturated rings. The van der Waals surface area contributed by atoms with E-state index < -0.39 is 11.4 Å². The highest BCUT2D eigenvalue weighted by Crippen LogP contribution is 2.64. The van der Waals surface area contributed by atoms with E-state index in [1.807, 2.05) is 6.92 Å². The van der Waals surface area contributed by atoms with Gasteiger partial charge >= 0.3 is 0 Å². The number of methoxy groups -OCH3 is 1. The molecule has 0 radical (unpaired) electrons. The molecule has 4 rings (SSSR count). The highest BCUT2D eigenvalue weighted by atomic mass is 16.7. The third kappa shape index (κ3) is 3.47. The number of allylic oxidation sites excluding steroid dienone is 5. The van der Waals surface area contributed by atoms with Crippen LogP contribution in [0.25, 0.3) is 0 Å². The maximum atomic E-state index is 11.4. The van der Waals surface area contributed by atoms with E-state index >= 15 is 0 Å². The van der Waals surface area contributed by atoms with E-state index in [9.17, 15) is 5.11 Å². The second-order valence-corrected chi connectivity index (χ2v) is 11.1. The Morgan fingerprint density at radius 3 is 2.76 bits per heavy atom. The SMILES string of the molecule is COC12CC(C)(O)C3CC4(C)CCC(C(C)C=CC=C(C)C)C4CC=C(CO1)C32. The average molecular weight is 401 g/mol. The standard InChI is InChI=1S/C26H40O3/c1-17(2)8-7-9-18(3)20-12-13-24(4)14-22-23-19(10-11-21(20)24)15-29-26(23,28-6)16-25(22,5)27/h7-10,18,20-23,27H,11-16H2,1-6H3. The minimum absolute atomic E-state index is 0.203. The summed E-state index contributed by atoms with van der Waals surface area (Å²) < 4.78 is 12.1. The van der Waals surface area contributed by atoms with Crippen molar-refractivity contribution in [2.45, 2.75) is 78.1 Å². The summed E-state index contributed by atoms with van der Waals surface area (Å²) in [5, 5.41) is 11.4. The molecule has 0 aromatic rings. The van der Waals surface area contributed by atoms with Gasteiger partial charge in [0.15, 0.2) is 5.79 Å². The largest absolute Gasteiger partial charge is 0.390 e. The van der Waals surface area contributed by atoms with Gasteiger partial charge in [-0.05, 0) is 81.1 Å². The van der Waals surface area contributed by atoms with E-state index in [1.54, 1.807) is 7.11 Å². The number of fused-ring (bicyclic) bond motifs is 1. The van der Waals surface area contributed by atoms with E-state index in [0.717, 1.165) is 12.8 Å². The fourth-order valence-electron chi connectivity index (χ4n) is 7.25. The second kappa shape index (κ2) is 7.35. The van der Waals surface area contributed by atoms with Crippen molar-refractivity contribution in [1.82, 2.24) is 0 Å². The topological polar surface area (TPSA) is 38.7 Å². The number of hydrogen-bond donors (Lipinski definition) is 1. The van der Waals surface area contributed by atoms with Crippen molar-refractivity contribution in [3.05, 3.63) is 35.5 Å². The lowest BCUT2D eigenvalue weighted by Crippen LogP contribution is -2.40. The van der Waals surface area contributed by atoms with Crippen molar-refractivity contribution in [3.63, 3.8) is 0 Å². The normalized spacial score (nSPS) is 47.3. The Hall–Kier alpha value is -0.900. The van der Waals surface area contributed by atoms with Gasteiger partial charge in [0.05, 0.1) is 12.2 Å². The van der Waals surface area contributed by atoms with Crippen LogP contribution in [0.2, 0.25) is 0 Å². The van der Waals surface area contributed by atoms with Gasteiger partial charge in [-0.3, -0.25) is 0 Å². The number of ether oxygens (including phenoxy) is 2. The van der Waals surface area contributed by atoms with Crippen LogP contribution in [0.15, 0.2) is 35.5 Å². The summed E-state index contributed by atoms with van der Waals surface area (Å²) in [5.74, 6) is 1.73. The lowest BCUT2D eigenvalue weighted by atomic mass is 9.63. The quantitative estimate of drug-likeness (QED) is 0.489. The Kier molecular flexibility index (Phi) is 5.41. The van der Waals surface area contributed by atoms with Crippen LogP contribution in [0.5, 0.6) is 0 Å². The van der Waals surface area contributed by atoms with Gasteiger partial charge in [-0.25, -0.2) is 0 Å². The van der Waals surface area contributed by atoms with Crippen molar-refractivity contribution in [2.24, 2.45) is 35.0 Å². The van der Waals surface area contributed by atoms with Crippen LogP contribution in [-0.2, 0) is 9.47 Å². The van der Waals surface area contributed by atoms with Gasteiger partial charge in [0.2, 0.25) is 0 Å². The molecule has 4 aliphatic rings. The lowest BCUT2D eigenvalue weighted by Gasteiger charge is -2.43. The molecule has 1 aliphatic heterocycles. The molecule has 0 aromatic carbocycles. The van der Waals surface area contributed by atoms with Gasteiger partial charge < -0.3 is 14.6 Å². The van der Waals surface area contributed by atoms with Crippen LogP contribution < -0.4 is 0 Å². The average Bonchev–Trinajstić information content (AvgIpc) is 3.20. The van der Waals surface area contributed by atoms with E-state index in [-0.39, 0.29) is 17.3 Å². The van der Waals surface area contributed by atoms with Crippen molar-refractivity contribution >= 4 is 0 Å². The van der Waals surface area contributed by atoms with Crippen molar-refractivity contribution in [1.29, 1.82) is 0 Å². The number of hydrogen-bond acceptors (Lipinski definition) is 3. The summed E-state index contributed by atoms with van der Waals surface area (Å²) in [7, 11) is 1.75. The molecule has 0 amide bonds. The molecule has 0 bridgehead atoms. The van der Waals surface area contributed by atoms with E-state index in [0.29, 0.717) is 30.8 Å². The van der Waals surface area contributed by atoms with Gasteiger partial charge in [-0.1, -0.05) is 43.7 Å². The smallest absolute Gasteiger partial charge is 0.178 e. The molecule has 8 unspecified atom stereocenters. The molecule has 1 N–H and O–H groups in total.